The van der Waals surface area contributed by atoms with E-state index in [1.54, 1.807) is 36.4 Å². The lowest BCUT2D eigenvalue weighted by molar-refractivity contribution is -0.359. The Morgan fingerprint density at radius 2 is 1.80 bits per heavy atom. The monoisotopic (exact) mass is 412 g/mol. The molecule has 7 heteroatoms. The fraction of sp³-hybridized carbons (Fsp3) is 0.348. The number of esters is 1. The molecule has 0 radical (unpaired) electrons. The second-order valence-electron chi connectivity index (χ2n) is 7.07. The van der Waals surface area contributed by atoms with Crippen LogP contribution in [0.15, 0.2) is 73.3 Å². The maximum atomic E-state index is 12.6. The van der Waals surface area contributed by atoms with E-state index in [9.17, 15) is 9.90 Å². The molecule has 0 aliphatic carbocycles. The van der Waals surface area contributed by atoms with Crippen molar-refractivity contribution in [1.29, 1.82) is 0 Å². The van der Waals surface area contributed by atoms with Crippen LogP contribution < -0.4 is 0 Å². The highest BCUT2D eigenvalue weighted by molar-refractivity contribution is 5.89. The van der Waals surface area contributed by atoms with Crippen LogP contribution in [-0.2, 0) is 23.7 Å². The van der Waals surface area contributed by atoms with Gasteiger partial charge in [-0.15, -0.1) is 6.58 Å². The molecule has 2 aliphatic rings. The Labute approximate surface area is 174 Å². The fourth-order valence-electron chi connectivity index (χ4n) is 3.53. The second-order valence-corrected chi connectivity index (χ2v) is 7.07. The smallest absolute Gasteiger partial charge is 0.338 e. The highest BCUT2D eigenvalue weighted by atomic mass is 16.8. The molecule has 158 valence electrons. The zero-order valence-corrected chi connectivity index (χ0v) is 16.3. The number of aliphatic hydroxyl groups is 1. The lowest BCUT2D eigenvalue weighted by atomic mass is 9.97. The van der Waals surface area contributed by atoms with Gasteiger partial charge in [0.15, 0.2) is 18.7 Å². The zero-order valence-electron chi connectivity index (χ0n) is 16.3. The Bertz CT molecular complexity index is 841. The lowest BCUT2D eigenvalue weighted by Crippen LogP contribution is -2.63. The van der Waals surface area contributed by atoms with Crippen molar-refractivity contribution in [3.05, 3.63) is 84.4 Å². The first-order valence-corrected chi connectivity index (χ1v) is 9.81. The van der Waals surface area contributed by atoms with Crippen molar-refractivity contribution in [2.45, 2.75) is 37.0 Å². The van der Waals surface area contributed by atoms with E-state index in [0.29, 0.717) is 5.56 Å². The molecule has 0 amide bonds. The standard InChI is InChI=1S/C23H24O7/c1-2-13-26-23-20(29-21(25)15-9-5-3-6-10-15)18(24)19-17(28-23)14-27-22(30-19)16-11-7-4-8-12-16/h2-12,17-20,22-24H,1,13-14H2/t17-,18+,19+,20-,22?,23-/m1/s1. The molecule has 2 heterocycles. The molecule has 2 fully saturated rings. The third kappa shape index (κ3) is 4.45. The second kappa shape index (κ2) is 9.51. The number of benzene rings is 2. The van der Waals surface area contributed by atoms with Crippen molar-refractivity contribution in [2.75, 3.05) is 13.2 Å². The summed E-state index contributed by atoms with van der Waals surface area (Å²) in [5.41, 5.74) is 1.19. The van der Waals surface area contributed by atoms with E-state index >= 15 is 0 Å². The summed E-state index contributed by atoms with van der Waals surface area (Å²) in [6.07, 6.45) is -3.64. The van der Waals surface area contributed by atoms with E-state index < -0.39 is 43.0 Å². The van der Waals surface area contributed by atoms with Crippen LogP contribution in [0.1, 0.15) is 22.2 Å². The minimum Gasteiger partial charge on any atom is -0.450 e. The Hall–Kier alpha value is -2.55. The molecule has 2 saturated heterocycles. The van der Waals surface area contributed by atoms with Crippen molar-refractivity contribution in [3.8, 4) is 0 Å². The number of rotatable bonds is 6. The molecule has 0 bridgehead atoms. The van der Waals surface area contributed by atoms with Crippen molar-refractivity contribution in [1.82, 2.24) is 0 Å². The summed E-state index contributed by atoms with van der Waals surface area (Å²) in [5, 5.41) is 11.1. The van der Waals surface area contributed by atoms with Crippen molar-refractivity contribution in [3.63, 3.8) is 0 Å². The van der Waals surface area contributed by atoms with E-state index in [0.717, 1.165) is 5.56 Å². The van der Waals surface area contributed by atoms with Crippen LogP contribution in [0.3, 0.4) is 0 Å². The minimum absolute atomic E-state index is 0.169. The van der Waals surface area contributed by atoms with Gasteiger partial charge in [0, 0.05) is 5.56 Å². The van der Waals surface area contributed by atoms with Crippen LogP contribution >= 0.6 is 0 Å². The summed E-state index contributed by atoms with van der Waals surface area (Å²) >= 11 is 0. The first-order valence-electron chi connectivity index (χ1n) is 9.81. The SMILES string of the molecule is C=CCO[C@@H]1O[C@@H]2COC(c3ccccc3)O[C@@H]2[C@H](O)[C@H]1OC(=O)c1ccccc1. The predicted octanol–water partition coefficient (Wildman–Crippen LogP) is 2.61. The topological polar surface area (TPSA) is 83.5 Å². The molecule has 1 unspecified atom stereocenters. The largest absolute Gasteiger partial charge is 0.450 e. The molecule has 2 aromatic carbocycles. The first kappa shape index (κ1) is 20.7. The molecule has 2 aliphatic heterocycles. The normalized spacial score (nSPS) is 30.8. The van der Waals surface area contributed by atoms with Crippen LogP contribution in [0.4, 0.5) is 0 Å². The van der Waals surface area contributed by atoms with Crippen LogP contribution in [-0.4, -0.2) is 55.0 Å². The molecule has 6 atom stereocenters. The number of ether oxygens (including phenoxy) is 5. The summed E-state index contributed by atoms with van der Waals surface area (Å²) in [6.45, 7) is 3.99. The van der Waals surface area contributed by atoms with Gasteiger partial charge in [0.2, 0.25) is 0 Å². The Balaban J connectivity index is 1.52. The number of fused-ring (bicyclic) bond motifs is 1. The maximum absolute atomic E-state index is 12.6. The predicted molar refractivity (Wildman–Crippen MR) is 106 cm³/mol. The van der Waals surface area contributed by atoms with E-state index in [2.05, 4.69) is 6.58 Å². The molecule has 7 nitrogen and oxygen atoms in total. The molecular weight excluding hydrogens is 388 g/mol. The number of aliphatic hydroxyl groups excluding tert-OH is 1. The van der Waals surface area contributed by atoms with Gasteiger partial charge in [-0.25, -0.2) is 4.79 Å². The van der Waals surface area contributed by atoms with Gasteiger partial charge in [0.1, 0.15) is 18.3 Å². The molecular formula is C23H24O7. The summed E-state index contributed by atoms with van der Waals surface area (Å²) in [7, 11) is 0. The maximum Gasteiger partial charge on any atom is 0.338 e. The van der Waals surface area contributed by atoms with Crippen molar-refractivity contribution >= 4 is 5.97 Å². The van der Waals surface area contributed by atoms with E-state index in [1.165, 1.54) is 0 Å². The average molecular weight is 412 g/mol. The summed E-state index contributed by atoms with van der Waals surface area (Å²) in [6, 6.07) is 18.0. The minimum atomic E-state index is -1.17. The molecule has 1 N–H and O–H groups in total. The van der Waals surface area contributed by atoms with Gasteiger partial charge in [-0.1, -0.05) is 54.6 Å². The third-order valence-corrected chi connectivity index (χ3v) is 5.01. The quantitative estimate of drug-likeness (QED) is 0.577. The third-order valence-electron chi connectivity index (χ3n) is 5.01. The molecule has 30 heavy (non-hydrogen) atoms. The highest BCUT2D eigenvalue weighted by Gasteiger charge is 2.51. The molecule has 4 rings (SSSR count). The number of carbonyl (C=O) groups excluding carboxylic acids is 1. The van der Waals surface area contributed by atoms with Gasteiger partial charge in [-0.3, -0.25) is 0 Å². The molecule has 0 spiro atoms. The molecule has 2 aromatic rings. The van der Waals surface area contributed by atoms with E-state index in [-0.39, 0.29) is 13.2 Å². The van der Waals surface area contributed by atoms with Gasteiger partial charge in [-0.05, 0) is 12.1 Å². The van der Waals surface area contributed by atoms with Gasteiger partial charge in [0.05, 0.1) is 18.8 Å². The van der Waals surface area contributed by atoms with E-state index in [4.69, 9.17) is 23.7 Å². The first-order chi connectivity index (χ1) is 14.7. The summed E-state index contributed by atoms with van der Waals surface area (Å²) < 4.78 is 28.9. The molecule has 0 aromatic heterocycles. The van der Waals surface area contributed by atoms with Crippen molar-refractivity contribution < 1.29 is 33.6 Å². The Morgan fingerprint density at radius 3 is 2.50 bits per heavy atom. The van der Waals surface area contributed by atoms with E-state index in [1.807, 2.05) is 30.3 Å². The van der Waals surface area contributed by atoms with Gasteiger partial charge >= 0.3 is 5.97 Å². The van der Waals surface area contributed by atoms with Gasteiger partial charge < -0.3 is 28.8 Å². The van der Waals surface area contributed by atoms with Crippen LogP contribution in [0, 0.1) is 0 Å². The highest BCUT2D eigenvalue weighted by Crippen LogP contribution is 2.35. The van der Waals surface area contributed by atoms with Crippen LogP contribution in [0.2, 0.25) is 0 Å². The average Bonchev–Trinajstić information content (AvgIpc) is 2.80. The number of hydrogen-bond donors (Lipinski definition) is 1. The Kier molecular flexibility index (Phi) is 6.56. The Morgan fingerprint density at radius 1 is 1.10 bits per heavy atom. The summed E-state index contributed by atoms with van der Waals surface area (Å²) in [5.74, 6) is -0.583. The van der Waals surface area contributed by atoms with Crippen LogP contribution in [0.25, 0.3) is 0 Å². The number of carbonyl (C=O) groups is 1. The van der Waals surface area contributed by atoms with Crippen molar-refractivity contribution in [2.24, 2.45) is 0 Å². The molecule has 0 saturated carbocycles. The summed E-state index contributed by atoms with van der Waals surface area (Å²) in [4.78, 5) is 12.6. The lowest BCUT2D eigenvalue weighted by Gasteiger charge is -2.47. The van der Waals surface area contributed by atoms with Gasteiger partial charge in [-0.2, -0.15) is 0 Å². The van der Waals surface area contributed by atoms with Crippen LogP contribution in [0.5, 0.6) is 0 Å². The fourth-order valence-corrected chi connectivity index (χ4v) is 3.53. The van der Waals surface area contributed by atoms with Gasteiger partial charge in [0.25, 0.3) is 0 Å². The number of hydrogen-bond acceptors (Lipinski definition) is 7. The zero-order chi connectivity index (χ0) is 20.9.